The summed E-state index contributed by atoms with van der Waals surface area (Å²) in [6, 6.07) is 7.86. The fourth-order valence-electron chi connectivity index (χ4n) is 4.74. The third-order valence-corrected chi connectivity index (χ3v) is 6.58. The van der Waals surface area contributed by atoms with Crippen molar-refractivity contribution >= 4 is 29.1 Å². The van der Waals surface area contributed by atoms with Gasteiger partial charge in [-0.3, -0.25) is 9.59 Å². The second-order valence-corrected chi connectivity index (χ2v) is 8.40. The second-order valence-electron chi connectivity index (χ2n) is 7.96. The number of rotatable bonds is 3. The Balaban J connectivity index is 1.33. The molecule has 0 N–H and O–H groups in total. The minimum absolute atomic E-state index is 0.0218. The molecule has 1 atom stereocenters. The highest BCUT2D eigenvalue weighted by Gasteiger charge is 2.40. The van der Waals surface area contributed by atoms with Gasteiger partial charge in [-0.05, 0) is 69.5 Å². The normalized spacial score (nSPS) is 25.2. The number of likely N-dealkylation sites (tertiary alicyclic amines) is 2. The molecule has 0 saturated carbocycles. The summed E-state index contributed by atoms with van der Waals surface area (Å²) in [6.07, 6.45) is 6.63. The van der Waals surface area contributed by atoms with E-state index in [0.717, 1.165) is 31.6 Å². The van der Waals surface area contributed by atoms with Crippen LogP contribution in [0.1, 0.15) is 38.5 Å². The summed E-state index contributed by atoms with van der Waals surface area (Å²) in [5.74, 6) is -0.568. The summed E-state index contributed by atoms with van der Waals surface area (Å²) >= 11 is 5.94. The van der Waals surface area contributed by atoms with Gasteiger partial charge in [-0.25, -0.2) is 0 Å². The van der Waals surface area contributed by atoms with Crippen LogP contribution in [0.4, 0.5) is 5.69 Å². The molecule has 1 aromatic rings. The molecule has 0 aromatic heterocycles. The number of halogens is 1. The van der Waals surface area contributed by atoms with Crippen molar-refractivity contribution in [2.45, 2.75) is 44.6 Å². The first-order valence-electron chi connectivity index (χ1n) is 10.2. The molecule has 6 heteroatoms. The van der Waals surface area contributed by atoms with E-state index in [1.165, 1.54) is 32.4 Å². The Bertz CT molecular complexity index is 679. The third kappa shape index (κ3) is 3.99. The highest BCUT2D eigenvalue weighted by molar-refractivity contribution is 6.30. The molecular weight excluding hydrogens is 362 g/mol. The van der Waals surface area contributed by atoms with E-state index < -0.39 is 5.92 Å². The maximum atomic E-state index is 13.0. The smallest absolute Gasteiger partial charge is 0.239 e. The number of hydrogen-bond acceptors (Lipinski definition) is 3. The van der Waals surface area contributed by atoms with Gasteiger partial charge in [-0.2, -0.15) is 0 Å². The monoisotopic (exact) mass is 389 g/mol. The lowest BCUT2D eigenvalue weighted by molar-refractivity contribution is -0.141. The maximum Gasteiger partial charge on any atom is 0.239 e. The predicted molar refractivity (Wildman–Crippen MR) is 107 cm³/mol. The van der Waals surface area contributed by atoms with Gasteiger partial charge in [0.05, 0.1) is 0 Å². The molecule has 146 valence electrons. The number of hydrogen-bond donors (Lipinski definition) is 0. The lowest BCUT2D eigenvalue weighted by Crippen LogP contribution is -2.50. The Morgan fingerprint density at radius 2 is 1.56 bits per heavy atom. The fraction of sp³-hybridized carbons (Fsp3) is 0.619. The van der Waals surface area contributed by atoms with E-state index in [4.69, 9.17) is 11.6 Å². The number of benzene rings is 1. The van der Waals surface area contributed by atoms with Gasteiger partial charge in [0.15, 0.2) is 0 Å². The van der Waals surface area contributed by atoms with Crippen molar-refractivity contribution in [2.75, 3.05) is 37.6 Å². The van der Waals surface area contributed by atoms with Crippen LogP contribution in [0.15, 0.2) is 24.3 Å². The van der Waals surface area contributed by atoms with Crippen LogP contribution in [-0.4, -0.2) is 60.4 Å². The van der Waals surface area contributed by atoms with E-state index in [-0.39, 0.29) is 11.8 Å². The van der Waals surface area contributed by atoms with E-state index >= 15 is 0 Å². The molecule has 27 heavy (non-hydrogen) atoms. The largest absolute Gasteiger partial charge is 0.342 e. The van der Waals surface area contributed by atoms with Crippen LogP contribution in [0.2, 0.25) is 5.02 Å². The molecule has 3 aliphatic heterocycles. The molecule has 1 aromatic carbocycles. The summed E-state index contributed by atoms with van der Waals surface area (Å²) in [7, 11) is 0. The van der Waals surface area contributed by atoms with Crippen molar-refractivity contribution < 1.29 is 9.59 Å². The Morgan fingerprint density at radius 1 is 0.889 bits per heavy atom. The van der Waals surface area contributed by atoms with Crippen LogP contribution in [0.3, 0.4) is 0 Å². The number of piperidine rings is 2. The molecule has 3 saturated heterocycles. The maximum absolute atomic E-state index is 13.0. The van der Waals surface area contributed by atoms with Gasteiger partial charge in [0.25, 0.3) is 0 Å². The quantitative estimate of drug-likeness (QED) is 0.746. The number of amides is 2. The predicted octanol–water partition coefficient (Wildman–Crippen LogP) is 3.17. The first-order valence-corrected chi connectivity index (χ1v) is 10.6. The molecule has 5 nitrogen and oxygen atoms in total. The lowest BCUT2D eigenvalue weighted by atomic mass is 9.98. The van der Waals surface area contributed by atoms with E-state index in [2.05, 4.69) is 4.90 Å². The minimum Gasteiger partial charge on any atom is -0.342 e. The highest BCUT2D eigenvalue weighted by Crippen LogP contribution is 2.29. The summed E-state index contributed by atoms with van der Waals surface area (Å²) in [6.45, 7) is 4.57. The van der Waals surface area contributed by atoms with Crippen molar-refractivity contribution in [3.05, 3.63) is 29.3 Å². The Hall–Kier alpha value is -1.59. The average Bonchev–Trinajstić information content (AvgIpc) is 3.10. The number of carbonyl (C=O) groups excluding carboxylic acids is 2. The molecule has 1 unspecified atom stereocenters. The average molecular weight is 390 g/mol. The van der Waals surface area contributed by atoms with Crippen LogP contribution >= 0.6 is 11.6 Å². The minimum atomic E-state index is -0.521. The zero-order valence-electron chi connectivity index (χ0n) is 15.8. The first kappa shape index (κ1) is 18.8. The second kappa shape index (κ2) is 8.19. The van der Waals surface area contributed by atoms with Crippen LogP contribution in [-0.2, 0) is 9.59 Å². The van der Waals surface area contributed by atoms with Gasteiger partial charge in [-0.1, -0.05) is 18.0 Å². The van der Waals surface area contributed by atoms with Gasteiger partial charge in [0.2, 0.25) is 11.8 Å². The first-order chi connectivity index (χ1) is 13.1. The molecule has 0 radical (unpaired) electrons. The molecule has 3 fully saturated rings. The molecule has 0 spiro atoms. The van der Waals surface area contributed by atoms with Gasteiger partial charge in [0.1, 0.15) is 5.92 Å². The molecule has 4 rings (SSSR count). The summed E-state index contributed by atoms with van der Waals surface area (Å²) in [4.78, 5) is 32.0. The molecular formula is C21H28ClN3O2. The van der Waals surface area contributed by atoms with Crippen molar-refractivity contribution in [3.8, 4) is 0 Å². The number of carbonyl (C=O) groups is 2. The van der Waals surface area contributed by atoms with Crippen molar-refractivity contribution in [1.82, 2.24) is 9.80 Å². The van der Waals surface area contributed by atoms with Crippen LogP contribution in [0.25, 0.3) is 0 Å². The van der Waals surface area contributed by atoms with Gasteiger partial charge >= 0.3 is 0 Å². The Labute approximate surface area is 166 Å². The molecule has 2 amide bonds. The topological polar surface area (TPSA) is 43.9 Å². The fourth-order valence-corrected chi connectivity index (χ4v) is 4.87. The van der Waals surface area contributed by atoms with E-state index in [9.17, 15) is 9.59 Å². The summed E-state index contributed by atoms with van der Waals surface area (Å²) in [5, 5.41) is 0.648. The van der Waals surface area contributed by atoms with Crippen LogP contribution in [0.5, 0.6) is 0 Å². The Kier molecular flexibility index (Phi) is 5.69. The highest BCUT2D eigenvalue weighted by atomic mass is 35.5. The summed E-state index contributed by atoms with van der Waals surface area (Å²) < 4.78 is 0. The molecule has 3 heterocycles. The van der Waals surface area contributed by atoms with E-state index in [1.54, 1.807) is 17.0 Å². The van der Waals surface area contributed by atoms with Gasteiger partial charge in [0, 0.05) is 36.4 Å². The zero-order chi connectivity index (χ0) is 18.8. The zero-order valence-corrected chi connectivity index (χ0v) is 16.5. The molecule has 0 bridgehead atoms. The lowest BCUT2D eigenvalue weighted by Gasteiger charge is -2.40. The SMILES string of the molecule is O=C(C1CCN(c2ccc(Cl)cc2)C1=O)N1CCC(N2CCCCC2)CC1. The number of nitrogens with zero attached hydrogens (tertiary/aromatic N) is 3. The van der Waals surface area contributed by atoms with Crippen molar-refractivity contribution in [1.29, 1.82) is 0 Å². The van der Waals surface area contributed by atoms with Gasteiger partial charge in [-0.15, -0.1) is 0 Å². The number of anilines is 1. The standard InChI is InChI=1S/C21H28ClN3O2/c22-16-4-6-18(7-5-16)25-15-10-19(21(25)27)20(26)24-13-8-17(9-14-24)23-11-2-1-3-12-23/h4-7,17,19H,1-3,8-15H2. The summed E-state index contributed by atoms with van der Waals surface area (Å²) in [5.41, 5.74) is 0.823. The van der Waals surface area contributed by atoms with Crippen LogP contribution < -0.4 is 4.90 Å². The van der Waals surface area contributed by atoms with Crippen LogP contribution in [0, 0.1) is 5.92 Å². The Morgan fingerprint density at radius 3 is 2.22 bits per heavy atom. The third-order valence-electron chi connectivity index (χ3n) is 6.33. The van der Waals surface area contributed by atoms with Crippen molar-refractivity contribution in [3.63, 3.8) is 0 Å². The van der Waals surface area contributed by atoms with Gasteiger partial charge < -0.3 is 14.7 Å². The molecule has 3 aliphatic rings. The van der Waals surface area contributed by atoms with Crippen molar-refractivity contribution in [2.24, 2.45) is 5.92 Å². The van der Waals surface area contributed by atoms with E-state index in [1.807, 2.05) is 17.0 Å². The van der Waals surface area contributed by atoms with E-state index in [0.29, 0.717) is 24.0 Å². The molecule has 0 aliphatic carbocycles.